The van der Waals surface area contributed by atoms with Gasteiger partial charge in [0.25, 0.3) is 5.91 Å². The minimum Gasteiger partial charge on any atom is -0.497 e. The number of aromatic amines is 1. The summed E-state index contributed by atoms with van der Waals surface area (Å²) >= 11 is 1.74. The molecule has 7 heteroatoms. The van der Waals surface area contributed by atoms with Crippen LogP contribution < -0.4 is 10.1 Å². The van der Waals surface area contributed by atoms with Gasteiger partial charge in [-0.15, -0.1) is 11.3 Å². The molecule has 2 N–H and O–H groups in total. The molecule has 3 heterocycles. The van der Waals surface area contributed by atoms with E-state index in [1.807, 2.05) is 24.3 Å². The molecule has 28 heavy (non-hydrogen) atoms. The summed E-state index contributed by atoms with van der Waals surface area (Å²) < 4.78 is 11.9. The van der Waals surface area contributed by atoms with Crippen molar-refractivity contribution in [2.75, 3.05) is 33.4 Å². The third-order valence-electron chi connectivity index (χ3n) is 4.99. The molecule has 1 aliphatic heterocycles. The molecule has 1 aromatic carbocycles. The number of aromatic nitrogens is 1. The van der Waals surface area contributed by atoms with Crippen molar-refractivity contribution in [2.24, 2.45) is 0 Å². The number of hydrogen-bond donors (Lipinski definition) is 2. The van der Waals surface area contributed by atoms with Gasteiger partial charge >= 0.3 is 0 Å². The van der Waals surface area contributed by atoms with E-state index < -0.39 is 0 Å². The summed E-state index contributed by atoms with van der Waals surface area (Å²) in [5, 5.41) is 3.05. The number of nitrogens with zero attached hydrogens (tertiary/aromatic N) is 1. The van der Waals surface area contributed by atoms with Gasteiger partial charge in [-0.25, -0.2) is 0 Å². The number of nitrogens with one attached hydrogen (secondary N) is 2. The lowest BCUT2D eigenvalue weighted by Crippen LogP contribution is -2.36. The normalized spacial score (nSPS) is 15.1. The third-order valence-corrected chi connectivity index (χ3v) is 6.10. The van der Waals surface area contributed by atoms with Gasteiger partial charge < -0.3 is 19.8 Å². The number of methoxy groups -OCH3 is 1. The Morgan fingerprint density at radius 2 is 2.14 bits per heavy atom. The van der Waals surface area contributed by atoms with Gasteiger partial charge in [-0.2, -0.15) is 0 Å². The number of hydrogen-bond acceptors (Lipinski definition) is 5. The number of thiophene rings is 1. The number of fused-ring (bicyclic) bond motifs is 1. The molecule has 4 rings (SSSR count). The third kappa shape index (κ3) is 4.06. The average Bonchev–Trinajstić information content (AvgIpc) is 3.24. The van der Waals surface area contributed by atoms with E-state index in [2.05, 4.69) is 28.2 Å². The van der Waals surface area contributed by atoms with Crippen molar-refractivity contribution in [3.63, 3.8) is 0 Å². The van der Waals surface area contributed by atoms with Gasteiger partial charge in [0.05, 0.1) is 30.5 Å². The van der Waals surface area contributed by atoms with E-state index in [0.29, 0.717) is 12.2 Å². The summed E-state index contributed by atoms with van der Waals surface area (Å²) in [6, 6.07) is 9.85. The van der Waals surface area contributed by atoms with Gasteiger partial charge in [-0.05, 0) is 30.7 Å². The maximum Gasteiger partial charge on any atom is 0.268 e. The second-order valence-corrected chi connectivity index (χ2v) is 8.26. The predicted octanol–water partition coefficient (Wildman–Crippen LogP) is 3.31. The van der Waals surface area contributed by atoms with Crippen LogP contribution in [0.4, 0.5) is 0 Å². The van der Waals surface area contributed by atoms with Crippen LogP contribution >= 0.6 is 11.3 Å². The quantitative estimate of drug-likeness (QED) is 0.667. The monoisotopic (exact) mass is 399 g/mol. The Morgan fingerprint density at radius 1 is 1.32 bits per heavy atom. The zero-order valence-electron chi connectivity index (χ0n) is 16.2. The largest absolute Gasteiger partial charge is 0.497 e. The molecule has 0 aliphatic carbocycles. The van der Waals surface area contributed by atoms with Crippen molar-refractivity contribution < 1.29 is 14.3 Å². The lowest BCUT2D eigenvalue weighted by atomic mass is 10.2. The number of aryl methyl sites for hydroxylation is 1. The molecule has 0 atom stereocenters. The zero-order chi connectivity index (χ0) is 19.5. The van der Waals surface area contributed by atoms with E-state index in [0.717, 1.165) is 55.2 Å². The summed E-state index contributed by atoms with van der Waals surface area (Å²) in [7, 11) is 1.64. The van der Waals surface area contributed by atoms with E-state index in [1.165, 1.54) is 9.58 Å². The van der Waals surface area contributed by atoms with Crippen LogP contribution in [0.25, 0.3) is 10.2 Å². The number of benzene rings is 1. The van der Waals surface area contributed by atoms with Crippen LogP contribution in [0.5, 0.6) is 5.75 Å². The first-order valence-corrected chi connectivity index (χ1v) is 10.3. The maximum absolute atomic E-state index is 13.0. The number of rotatable bonds is 6. The molecule has 0 spiro atoms. The molecule has 0 saturated carbocycles. The highest BCUT2D eigenvalue weighted by Gasteiger charge is 2.22. The number of carbonyl (C=O) groups excluding carboxylic acids is 1. The van der Waals surface area contributed by atoms with E-state index in [-0.39, 0.29) is 5.91 Å². The standard InChI is InChI=1S/C21H25N3O3S/c1-14-10-18-20(28-14)17(13-24-6-8-27-9-7-24)19(23-18)21(25)22-12-15-4-3-5-16(11-15)26-2/h3-5,10-11,23H,6-9,12-13H2,1-2H3,(H,22,25). The molecule has 1 saturated heterocycles. The van der Waals surface area contributed by atoms with Gasteiger partial charge in [-0.1, -0.05) is 12.1 Å². The van der Waals surface area contributed by atoms with Gasteiger partial charge in [-0.3, -0.25) is 9.69 Å². The van der Waals surface area contributed by atoms with Crippen LogP contribution in [0.3, 0.4) is 0 Å². The lowest BCUT2D eigenvalue weighted by Gasteiger charge is -2.26. The lowest BCUT2D eigenvalue weighted by molar-refractivity contribution is 0.0342. The van der Waals surface area contributed by atoms with Crippen molar-refractivity contribution in [1.29, 1.82) is 0 Å². The van der Waals surface area contributed by atoms with Crippen molar-refractivity contribution >= 4 is 27.5 Å². The molecule has 2 aromatic heterocycles. The Hall–Kier alpha value is -2.35. The Morgan fingerprint density at radius 3 is 2.93 bits per heavy atom. The van der Waals surface area contributed by atoms with Crippen LogP contribution in [0.2, 0.25) is 0 Å². The molecule has 1 aliphatic rings. The number of ether oxygens (including phenoxy) is 2. The van der Waals surface area contributed by atoms with E-state index >= 15 is 0 Å². The van der Waals surface area contributed by atoms with Crippen molar-refractivity contribution in [1.82, 2.24) is 15.2 Å². The summed E-state index contributed by atoms with van der Waals surface area (Å²) in [4.78, 5) is 19.9. The van der Waals surface area contributed by atoms with Gasteiger partial charge in [0.15, 0.2) is 0 Å². The Labute approximate surface area is 168 Å². The van der Waals surface area contributed by atoms with Crippen LogP contribution in [-0.4, -0.2) is 49.2 Å². The number of amides is 1. The second-order valence-electron chi connectivity index (χ2n) is 7.00. The molecule has 1 amide bonds. The van der Waals surface area contributed by atoms with Gasteiger partial charge in [0.2, 0.25) is 0 Å². The summed E-state index contributed by atoms with van der Waals surface area (Å²) in [6.45, 7) is 6.58. The highest BCUT2D eigenvalue weighted by atomic mass is 32.1. The summed E-state index contributed by atoms with van der Waals surface area (Å²) in [5.74, 6) is 0.711. The molecule has 0 unspecified atom stereocenters. The summed E-state index contributed by atoms with van der Waals surface area (Å²) in [6.07, 6.45) is 0. The Balaban J connectivity index is 1.55. The molecular weight excluding hydrogens is 374 g/mol. The molecule has 0 radical (unpaired) electrons. The molecule has 148 valence electrons. The highest BCUT2D eigenvalue weighted by Crippen LogP contribution is 2.32. The maximum atomic E-state index is 13.0. The van der Waals surface area contributed by atoms with Crippen LogP contribution in [0.1, 0.15) is 26.5 Å². The zero-order valence-corrected chi connectivity index (χ0v) is 17.0. The molecule has 1 fully saturated rings. The smallest absolute Gasteiger partial charge is 0.268 e. The predicted molar refractivity (Wildman–Crippen MR) is 111 cm³/mol. The fraction of sp³-hybridized carbons (Fsp3) is 0.381. The van der Waals surface area contributed by atoms with E-state index in [9.17, 15) is 4.79 Å². The first-order valence-electron chi connectivity index (χ1n) is 9.46. The first kappa shape index (κ1) is 19.0. The molecule has 0 bridgehead atoms. The van der Waals surface area contributed by atoms with Crippen LogP contribution in [-0.2, 0) is 17.8 Å². The number of morpholine rings is 1. The Kier molecular flexibility index (Phi) is 5.66. The number of H-pyrrole nitrogens is 1. The highest BCUT2D eigenvalue weighted by molar-refractivity contribution is 7.19. The van der Waals surface area contributed by atoms with Gasteiger partial charge in [0, 0.05) is 36.6 Å². The van der Waals surface area contributed by atoms with Crippen molar-refractivity contribution in [3.05, 3.63) is 52.0 Å². The fourth-order valence-electron chi connectivity index (χ4n) is 3.54. The first-order chi connectivity index (χ1) is 13.6. The Bertz CT molecular complexity index is 973. The SMILES string of the molecule is COc1cccc(CNC(=O)c2[nH]c3cc(C)sc3c2CN2CCOCC2)c1. The van der Waals surface area contributed by atoms with Crippen molar-refractivity contribution in [3.8, 4) is 5.75 Å². The molecular formula is C21H25N3O3S. The van der Waals surface area contributed by atoms with Crippen LogP contribution in [0.15, 0.2) is 30.3 Å². The topological polar surface area (TPSA) is 66.6 Å². The van der Waals surface area contributed by atoms with E-state index in [4.69, 9.17) is 9.47 Å². The number of carbonyl (C=O) groups is 1. The van der Waals surface area contributed by atoms with Gasteiger partial charge in [0.1, 0.15) is 11.4 Å². The second kappa shape index (κ2) is 8.34. The molecule has 6 nitrogen and oxygen atoms in total. The van der Waals surface area contributed by atoms with Crippen molar-refractivity contribution in [2.45, 2.75) is 20.0 Å². The molecule has 3 aromatic rings. The summed E-state index contributed by atoms with van der Waals surface area (Å²) in [5.41, 5.74) is 3.79. The minimum absolute atomic E-state index is 0.0767. The minimum atomic E-state index is -0.0767. The van der Waals surface area contributed by atoms with Crippen LogP contribution in [0, 0.1) is 6.92 Å². The van der Waals surface area contributed by atoms with E-state index in [1.54, 1.807) is 18.4 Å². The fourth-order valence-corrected chi connectivity index (χ4v) is 4.54. The average molecular weight is 400 g/mol.